The lowest BCUT2D eigenvalue weighted by atomic mass is 9.47. The molecule has 0 aromatic rings. The van der Waals surface area contributed by atoms with Crippen molar-refractivity contribution in [3.05, 3.63) is 11.6 Å². The summed E-state index contributed by atoms with van der Waals surface area (Å²) in [6.45, 7) is 7.11. The van der Waals surface area contributed by atoms with Gasteiger partial charge in [0, 0.05) is 6.42 Å². The highest BCUT2D eigenvalue weighted by molar-refractivity contribution is 5.90. The van der Waals surface area contributed by atoms with Crippen molar-refractivity contribution < 1.29 is 9.90 Å². The fourth-order valence-corrected chi connectivity index (χ4v) is 7.27. The van der Waals surface area contributed by atoms with Crippen LogP contribution >= 0.6 is 0 Å². The molecule has 0 amide bonds. The normalized spacial score (nSPS) is 52.4. The number of hydrogen-bond donors (Lipinski definition) is 1. The van der Waals surface area contributed by atoms with E-state index in [0.717, 1.165) is 24.7 Å². The zero-order valence-electron chi connectivity index (χ0n) is 15.0. The van der Waals surface area contributed by atoms with Crippen LogP contribution in [-0.4, -0.2) is 17.0 Å². The maximum absolute atomic E-state index is 12.9. The van der Waals surface area contributed by atoms with Crippen LogP contribution in [0.1, 0.15) is 72.1 Å². The SMILES string of the molecule is CC[C@H]1CC[C@H]2[C@@H]3CC=C4CC(O)CC(=O)[C@]4(C)[C@H]3CC[C@]12C. The second-order valence-electron chi connectivity index (χ2n) is 9.26. The van der Waals surface area contributed by atoms with Gasteiger partial charge in [-0.15, -0.1) is 0 Å². The van der Waals surface area contributed by atoms with E-state index in [1.54, 1.807) is 0 Å². The third kappa shape index (κ3) is 2.00. The third-order valence-corrected chi connectivity index (χ3v) is 8.63. The van der Waals surface area contributed by atoms with Crippen LogP contribution in [0.2, 0.25) is 0 Å². The molecule has 2 nitrogen and oxygen atoms in total. The summed E-state index contributed by atoms with van der Waals surface area (Å²) in [4.78, 5) is 12.9. The van der Waals surface area contributed by atoms with Gasteiger partial charge in [-0.25, -0.2) is 0 Å². The van der Waals surface area contributed by atoms with Gasteiger partial charge in [-0.1, -0.05) is 31.9 Å². The van der Waals surface area contributed by atoms with E-state index in [-0.39, 0.29) is 5.41 Å². The average molecular weight is 316 g/mol. The van der Waals surface area contributed by atoms with Crippen LogP contribution in [0.5, 0.6) is 0 Å². The smallest absolute Gasteiger partial charge is 0.145 e. The summed E-state index contributed by atoms with van der Waals surface area (Å²) < 4.78 is 0. The average Bonchev–Trinajstić information content (AvgIpc) is 2.85. The largest absolute Gasteiger partial charge is 0.392 e. The molecular weight excluding hydrogens is 284 g/mol. The molecule has 7 atom stereocenters. The Morgan fingerprint density at radius 3 is 2.70 bits per heavy atom. The summed E-state index contributed by atoms with van der Waals surface area (Å²) in [7, 11) is 0. The Balaban J connectivity index is 1.70. The summed E-state index contributed by atoms with van der Waals surface area (Å²) in [6, 6.07) is 0. The third-order valence-electron chi connectivity index (χ3n) is 8.63. The highest BCUT2D eigenvalue weighted by Gasteiger charge is 2.60. The standard InChI is InChI=1S/C21H32O2/c1-4-13-6-8-17-16-7-5-14-11-15(22)12-19(23)21(14,3)18(16)9-10-20(13,17)2/h5,13,15-18,22H,4,6-12H2,1-3H3/t13-,15?,16-,17-,18-,20+,21-/m0/s1. The van der Waals surface area contributed by atoms with Crippen molar-refractivity contribution in [3.8, 4) is 0 Å². The molecule has 0 bridgehead atoms. The predicted molar refractivity (Wildman–Crippen MR) is 91.9 cm³/mol. The highest BCUT2D eigenvalue weighted by atomic mass is 16.3. The summed E-state index contributed by atoms with van der Waals surface area (Å²) in [5.41, 5.74) is 1.50. The van der Waals surface area contributed by atoms with Gasteiger partial charge in [0.1, 0.15) is 5.78 Å². The number of carbonyl (C=O) groups excluding carboxylic acids is 1. The van der Waals surface area contributed by atoms with Crippen LogP contribution < -0.4 is 0 Å². The fourth-order valence-electron chi connectivity index (χ4n) is 7.27. The fraction of sp³-hybridized carbons (Fsp3) is 0.857. The first kappa shape index (κ1) is 15.9. The summed E-state index contributed by atoms with van der Waals surface area (Å²) in [5, 5.41) is 10.0. The van der Waals surface area contributed by atoms with Gasteiger partial charge in [0.15, 0.2) is 0 Å². The van der Waals surface area contributed by atoms with Crippen molar-refractivity contribution in [2.75, 3.05) is 0 Å². The van der Waals surface area contributed by atoms with E-state index >= 15 is 0 Å². The Labute approximate surface area is 140 Å². The molecule has 0 aromatic heterocycles. The maximum Gasteiger partial charge on any atom is 0.145 e. The number of hydrogen-bond acceptors (Lipinski definition) is 2. The van der Waals surface area contributed by atoms with Gasteiger partial charge in [0.05, 0.1) is 11.5 Å². The molecule has 2 heteroatoms. The van der Waals surface area contributed by atoms with Gasteiger partial charge in [0.2, 0.25) is 0 Å². The first-order valence-electron chi connectivity index (χ1n) is 9.82. The van der Waals surface area contributed by atoms with Crippen LogP contribution in [0.4, 0.5) is 0 Å². The number of allylic oxidation sites excluding steroid dienone is 1. The second kappa shape index (κ2) is 5.18. The molecule has 0 aromatic carbocycles. The van der Waals surface area contributed by atoms with Gasteiger partial charge in [-0.3, -0.25) is 4.79 Å². The van der Waals surface area contributed by atoms with E-state index in [2.05, 4.69) is 26.8 Å². The molecule has 0 spiro atoms. The Hall–Kier alpha value is -0.630. The Bertz CT molecular complexity index is 550. The topological polar surface area (TPSA) is 37.3 Å². The van der Waals surface area contributed by atoms with Crippen molar-refractivity contribution >= 4 is 5.78 Å². The molecule has 128 valence electrons. The Kier molecular flexibility index (Phi) is 3.58. The lowest BCUT2D eigenvalue weighted by molar-refractivity contribution is -0.139. The molecule has 0 aliphatic heterocycles. The van der Waals surface area contributed by atoms with Gasteiger partial charge < -0.3 is 5.11 Å². The van der Waals surface area contributed by atoms with Crippen LogP contribution in [0.3, 0.4) is 0 Å². The lowest BCUT2D eigenvalue weighted by Crippen LogP contribution is -2.53. The van der Waals surface area contributed by atoms with E-state index in [1.807, 2.05) is 0 Å². The summed E-state index contributed by atoms with van der Waals surface area (Å²) >= 11 is 0. The van der Waals surface area contributed by atoms with Gasteiger partial charge in [0.25, 0.3) is 0 Å². The summed E-state index contributed by atoms with van der Waals surface area (Å²) in [6.07, 6.45) is 10.7. The Morgan fingerprint density at radius 1 is 1.17 bits per heavy atom. The minimum absolute atomic E-state index is 0.270. The molecule has 0 radical (unpaired) electrons. The van der Waals surface area contributed by atoms with Gasteiger partial charge in [-0.05, 0) is 74.5 Å². The quantitative estimate of drug-likeness (QED) is 0.722. The number of Topliss-reactive ketones (excluding diaryl/α,β-unsaturated/α-hetero) is 1. The van der Waals surface area contributed by atoms with Crippen molar-refractivity contribution in [3.63, 3.8) is 0 Å². The van der Waals surface area contributed by atoms with Crippen LogP contribution in [0.15, 0.2) is 11.6 Å². The van der Waals surface area contributed by atoms with Crippen LogP contribution in [-0.2, 0) is 4.79 Å². The molecule has 0 saturated heterocycles. The molecule has 4 aliphatic rings. The van der Waals surface area contributed by atoms with Crippen LogP contribution in [0, 0.1) is 34.5 Å². The zero-order chi connectivity index (χ0) is 16.4. The van der Waals surface area contributed by atoms with E-state index < -0.39 is 6.10 Å². The van der Waals surface area contributed by atoms with Gasteiger partial charge >= 0.3 is 0 Å². The molecule has 3 saturated carbocycles. The first-order chi connectivity index (χ1) is 10.9. The minimum Gasteiger partial charge on any atom is -0.392 e. The second-order valence-corrected chi connectivity index (χ2v) is 9.26. The van der Waals surface area contributed by atoms with Crippen molar-refractivity contribution in [1.82, 2.24) is 0 Å². The summed E-state index contributed by atoms with van der Waals surface area (Å²) in [5.74, 6) is 3.22. The van der Waals surface area contributed by atoms with Crippen molar-refractivity contribution in [2.24, 2.45) is 34.5 Å². The first-order valence-corrected chi connectivity index (χ1v) is 9.82. The predicted octanol–water partition coefficient (Wildman–Crippen LogP) is 4.52. The number of ketones is 1. The van der Waals surface area contributed by atoms with E-state index in [9.17, 15) is 9.90 Å². The van der Waals surface area contributed by atoms with Crippen molar-refractivity contribution in [2.45, 2.75) is 78.2 Å². The maximum atomic E-state index is 12.9. The number of aliphatic hydroxyl groups excluding tert-OH is 1. The number of rotatable bonds is 1. The monoisotopic (exact) mass is 316 g/mol. The number of aliphatic hydroxyl groups is 1. The number of carbonyl (C=O) groups is 1. The molecule has 3 fully saturated rings. The van der Waals surface area contributed by atoms with E-state index in [4.69, 9.17) is 0 Å². The highest BCUT2D eigenvalue weighted by Crippen LogP contribution is 2.66. The lowest BCUT2D eigenvalue weighted by Gasteiger charge is -2.57. The van der Waals surface area contributed by atoms with E-state index in [0.29, 0.717) is 29.5 Å². The Morgan fingerprint density at radius 2 is 1.96 bits per heavy atom. The molecule has 23 heavy (non-hydrogen) atoms. The van der Waals surface area contributed by atoms with Gasteiger partial charge in [-0.2, -0.15) is 0 Å². The zero-order valence-corrected chi connectivity index (χ0v) is 15.0. The number of fused-ring (bicyclic) bond motifs is 5. The molecule has 1 unspecified atom stereocenters. The molecular formula is C21H32O2. The van der Waals surface area contributed by atoms with Crippen LogP contribution in [0.25, 0.3) is 0 Å². The molecule has 4 aliphatic carbocycles. The van der Waals surface area contributed by atoms with Crippen molar-refractivity contribution in [1.29, 1.82) is 0 Å². The minimum atomic E-state index is -0.441. The van der Waals surface area contributed by atoms with E-state index in [1.165, 1.54) is 37.7 Å². The molecule has 1 N–H and O–H groups in total. The molecule has 4 rings (SSSR count). The molecule has 0 heterocycles.